The van der Waals surface area contributed by atoms with Crippen LogP contribution in [0.5, 0.6) is 0 Å². The third kappa shape index (κ3) is 4.84. The number of carbonyl (C=O) groups is 2. The maximum absolute atomic E-state index is 12.2. The van der Waals surface area contributed by atoms with Crippen LogP contribution in [0, 0.1) is 10.8 Å². The van der Waals surface area contributed by atoms with Crippen molar-refractivity contribution < 1.29 is 14.7 Å². The number of hydrogen-bond acceptors (Lipinski definition) is 2. The van der Waals surface area contributed by atoms with Gasteiger partial charge in [-0.25, -0.2) is 0 Å². The highest BCUT2D eigenvalue weighted by Crippen LogP contribution is 2.35. The van der Waals surface area contributed by atoms with Crippen LogP contribution in [0.25, 0.3) is 0 Å². The van der Waals surface area contributed by atoms with E-state index in [2.05, 4.69) is 13.8 Å². The molecule has 0 aliphatic carbocycles. The first-order valence-corrected chi connectivity index (χ1v) is 7.17. The normalized spacial score (nSPS) is 19.3. The Morgan fingerprint density at radius 2 is 1.74 bits per heavy atom. The molecule has 1 N–H and O–H groups in total. The van der Waals surface area contributed by atoms with Crippen LogP contribution in [0.1, 0.15) is 59.8 Å². The van der Waals surface area contributed by atoms with E-state index >= 15 is 0 Å². The summed E-state index contributed by atoms with van der Waals surface area (Å²) in [6.07, 6.45) is 3.62. The van der Waals surface area contributed by atoms with Crippen molar-refractivity contribution in [3.63, 3.8) is 0 Å². The van der Waals surface area contributed by atoms with Gasteiger partial charge in [0.2, 0.25) is 5.91 Å². The Morgan fingerprint density at radius 3 is 2.16 bits per heavy atom. The fraction of sp³-hybridized carbons (Fsp3) is 0.867. The average Bonchev–Trinajstić information content (AvgIpc) is 2.27. The first kappa shape index (κ1) is 16.0. The third-order valence-corrected chi connectivity index (χ3v) is 4.44. The van der Waals surface area contributed by atoms with Crippen LogP contribution in [0.3, 0.4) is 0 Å². The highest BCUT2D eigenvalue weighted by atomic mass is 16.4. The van der Waals surface area contributed by atoms with Crippen LogP contribution in [-0.4, -0.2) is 35.0 Å². The molecule has 4 nitrogen and oxygen atoms in total. The second kappa shape index (κ2) is 5.93. The topological polar surface area (TPSA) is 57.6 Å². The molecule has 0 atom stereocenters. The van der Waals surface area contributed by atoms with Crippen molar-refractivity contribution in [3.05, 3.63) is 0 Å². The second-order valence-corrected chi connectivity index (χ2v) is 6.96. The fourth-order valence-corrected chi connectivity index (χ4v) is 2.64. The summed E-state index contributed by atoms with van der Waals surface area (Å²) in [6.45, 7) is 9.80. The van der Waals surface area contributed by atoms with E-state index < -0.39 is 11.4 Å². The lowest BCUT2D eigenvalue weighted by molar-refractivity contribution is -0.141. The maximum atomic E-state index is 12.2. The Bertz CT molecular complexity index is 341. The van der Waals surface area contributed by atoms with E-state index in [4.69, 9.17) is 5.11 Å². The molecule has 1 fully saturated rings. The van der Waals surface area contributed by atoms with E-state index in [1.54, 1.807) is 0 Å². The summed E-state index contributed by atoms with van der Waals surface area (Å²) in [5, 5.41) is 8.85. The summed E-state index contributed by atoms with van der Waals surface area (Å²) < 4.78 is 0. The van der Waals surface area contributed by atoms with Crippen LogP contribution < -0.4 is 0 Å². The Labute approximate surface area is 116 Å². The van der Waals surface area contributed by atoms with Gasteiger partial charge in [-0.15, -0.1) is 0 Å². The van der Waals surface area contributed by atoms with E-state index in [1.165, 1.54) is 0 Å². The molecule has 1 amide bonds. The molecular weight excluding hydrogens is 242 g/mol. The molecule has 0 unspecified atom stereocenters. The Balaban J connectivity index is 2.50. The van der Waals surface area contributed by atoms with Gasteiger partial charge in [-0.2, -0.15) is 0 Å². The molecule has 1 saturated heterocycles. The lowest BCUT2D eigenvalue weighted by Crippen LogP contribution is -2.43. The molecule has 0 aromatic carbocycles. The van der Waals surface area contributed by atoms with Gasteiger partial charge in [0.25, 0.3) is 0 Å². The number of likely N-dealkylation sites (tertiary alicyclic amines) is 1. The molecule has 1 heterocycles. The van der Waals surface area contributed by atoms with E-state index in [0.717, 1.165) is 32.4 Å². The number of piperidine rings is 1. The number of carboxylic acid groups (broad SMARTS) is 1. The zero-order chi connectivity index (χ0) is 14.7. The molecule has 110 valence electrons. The molecule has 0 bridgehead atoms. The minimum atomic E-state index is -0.838. The van der Waals surface area contributed by atoms with E-state index in [1.807, 2.05) is 18.7 Å². The molecular formula is C15H27NO3. The summed E-state index contributed by atoms with van der Waals surface area (Å²) >= 11 is 0. The standard InChI is InChI=1S/C15H27NO3/c1-5-15(4)6-8-16(9-7-15)12(17)10-14(2,3)11-13(18)19/h5-11H2,1-4H3,(H,18,19). The molecule has 19 heavy (non-hydrogen) atoms. The zero-order valence-corrected chi connectivity index (χ0v) is 12.7. The number of nitrogens with zero attached hydrogens (tertiary/aromatic N) is 1. The van der Waals surface area contributed by atoms with Gasteiger partial charge >= 0.3 is 5.97 Å². The summed E-state index contributed by atoms with van der Waals surface area (Å²) in [5.74, 6) is -0.737. The molecule has 0 aromatic heterocycles. The van der Waals surface area contributed by atoms with Crippen LogP contribution >= 0.6 is 0 Å². The largest absolute Gasteiger partial charge is 0.481 e. The first-order chi connectivity index (χ1) is 8.67. The SMILES string of the molecule is CCC1(C)CCN(C(=O)CC(C)(C)CC(=O)O)CC1. The van der Waals surface area contributed by atoms with E-state index in [9.17, 15) is 9.59 Å². The minimum Gasteiger partial charge on any atom is -0.481 e. The minimum absolute atomic E-state index is 0.0409. The number of aliphatic carboxylic acids is 1. The Kier molecular flexibility index (Phi) is 4.99. The molecule has 0 saturated carbocycles. The predicted octanol–water partition coefficient (Wildman–Crippen LogP) is 2.92. The number of carbonyl (C=O) groups excluding carboxylic acids is 1. The van der Waals surface area contributed by atoms with Gasteiger partial charge in [0, 0.05) is 19.5 Å². The maximum Gasteiger partial charge on any atom is 0.303 e. The van der Waals surface area contributed by atoms with Gasteiger partial charge in [0.15, 0.2) is 0 Å². The molecule has 0 aromatic rings. The molecule has 1 rings (SSSR count). The third-order valence-electron chi connectivity index (χ3n) is 4.44. The highest BCUT2D eigenvalue weighted by molar-refractivity contribution is 5.78. The van der Waals surface area contributed by atoms with Crippen molar-refractivity contribution in [2.24, 2.45) is 10.8 Å². The average molecular weight is 269 g/mol. The van der Waals surface area contributed by atoms with E-state index in [-0.39, 0.29) is 12.3 Å². The van der Waals surface area contributed by atoms with Gasteiger partial charge in [0.1, 0.15) is 0 Å². The van der Waals surface area contributed by atoms with Crippen LogP contribution in [0.15, 0.2) is 0 Å². The number of amides is 1. The first-order valence-electron chi connectivity index (χ1n) is 7.17. The summed E-state index contributed by atoms with van der Waals surface area (Å²) in [4.78, 5) is 24.9. The molecule has 0 radical (unpaired) electrons. The van der Waals surface area contributed by atoms with Crippen molar-refractivity contribution in [1.29, 1.82) is 0 Å². The van der Waals surface area contributed by atoms with Crippen LogP contribution in [0.2, 0.25) is 0 Å². The molecule has 4 heteroatoms. The Morgan fingerprint density at radius 1 is 1.21 bits per heavy atom. The number of hydrogen-bond donors (Lipinski definition) is 1. The van der Waals surface area contributed by atoms with E-state index in [0.29, 0.717) is 11.8 Å². The summed E-state index contributed by atoms with van der Waals surface area (Å²) in [7, 11) is 0. The van der Waals surface area contributed by atoms with Crippen LogP contribution in [-0.2, 0) is 9.59 Å². The Hall–Kier alpha value is -1.06. The fourth-order valence-electron chi connectivity index (χ4n) is 2.64. The lowest BCUT2D eigenvalue weighted by Gasteiger charge is -2.39. The van der Waals surface area contributed by atoms with Crippen molar-refractivity contribution in [2.75, 3.05) is 13.1 Å². The number of rotatable bonds is 5. The molecule has 1 aliphatic rings. The van der Waals surface area contributed by atoms with Crippen molar-refractivity contribution >= 4 is 11.9 Å². The van der Waals surface area contributed by atoms with Gasteiger partial charge in [-0.3, -0.25) is 9.59 Å². The smallest absolute Gasteiger partial charge is 0.303 e. The van der Waals surface area contributed by atoms with Gasteiger partial charge in [-0.1, -0.05) is 34.1 Å². The van der Waals surface area contributed by atoms with Crippen molar-refractivity contribution in [3.8, 4) is 0 Å². The zero-order valence-electron chi connectivity index (χ0n) is 12.7. The van der Waals surface area contributed by atoms with Crippen LogP contribution in [0.4, 0.5) is 0 Å². The predicted molar refractivity (Wildman–Crippen MR) is 74.9 cm³/mol. The van der Waals surface area contributed by atoms with Gasteiger partial charge in [0.05, 0.1) is 6.42 Å². The monoisotopic (exact) mass is 269 g/mol. The lowest BCUT2D eigenvalue weighted by atomic mass is 9.78. The second-order valence-electron chi connectivity index (χ2n) is 6.96. The summed E-state index contributed by atoms with van der Waals surface area (Å²) in [5.41, 5.74) is -0.0955. The molecule has 0 spiro atoms. The highest BCUT2D eigenvalue weighted by Gasteiger charge is 2.33. The summed E-state index contributed by atoms with van der Waals surface area (Å²) in [6, 6.07) is 0. The number of carboxylic acids is 1. The quantitative estimate of drug-likeness (QED) is 0.835. The van der Waals surface area contributed by atoms with Gasteiger partial charge in [-0.05, 0) is 23.7 Å². The van der Waals surface area contributed by atoms with Crippen molar-refractivity contribution in [2.45, 2.75) is 59.8 Å². The molecule has 1 aliphatic heterocycles. The van der Waals surface area contributed by atoms with Crippen molar-refractivity contribution in [1.82, 2.24) is 4.90 Å². The van der Waals surface area contributed by atoms with Gasteiger partial charge < -0.3 is 10.0 Å².